The van der Waals surface area contributed by atoms with Gasteiger partial charge in [0.25, 0.3) is 0 Å². The second-order valence-electron chi connectivity index (χ2n) is 6.34. The zero-order valence-corrected chi connectivity index (χ0v) is 12.2. The second-order valence-corrected chi connectivity index (χ2v) is 6.34. The Morgan fingerprint density at radius 3 is 2.15 bits per heavy atom. The Morgan fingerprint density at radius 1 is 0.950 bits per heavy atom. The molecule has 104 valence electrons. The molecule has 0 heterocycles. The molecular weight excluding hydrogens is 242 g/mol. The van der Waals surface area contributed by atoms with Gasteiger partial charge in [-0.1, -0.05) is 67.6 Å². The molecule has 3 rings (SSSR count). The van der Waals surface area contributed by atoms with Crippen LogP contribution in [-0.4, -0.2) is 6.54 Å². The topological polar surface area (TPSA) is 12.0 Å². The van der Waals surface area contributed by atoms with Gasteiger partial charge in [0.15, 0.2) is 0 Å². The van der Waals surface area contributed by atoms with Crippen molar-refractivity contribution < 1.29 is 0 Å². The Bertz CT molecular complexity index is 528. The lowest BCUT2D eigenvalue weighted by molar-refractivity contribution is 0.438. The summed E-state index contributed by atoms with van der Waals surface area (Å²) in [5.74, 6) is 0. The van der Waals surface area contributed by atoms with Crippen molar-refractivity contribution in [2.75, 3.05) is 6.54 Å². The molecule has 1 N–H and O–H groups in total. The number of nitrogens with one attached hydrogen (secondary N) is 1. The molecule has 1 saturated carbocycles. The summed E-state index contributed by atoms with van der Waals surface area (Å²) in [5, 5.41) is 3.79. The first-order chi connectivity index (χ1) is 9.75. The molecular formula is C19H23N. The normalized spacial score (nSPS) is 17.6. The number of benzene rings is 2. The van der Waals surface area contributed by atoms with Gasteiger partial charge >= 0.3 is 0 Å². The third-order valence-electron chi connectivity index (χ3n) is 4.36. The molecule has 2 aromatic carbocycles. The standard InChI is InChI=1S/C19H23N/c1-19(12-13-19)15-20-18(17-10-6-3-7-11-17)14-16-8-4-2-5-9-16/h2-11,18,20H,12-15H2,1H3. The molecule has 1 aliphatic rings. The molecule has 1 heteroatoms. The zero-order chi connectivity index (χ0) is 13.8. The highest BCUT2D eigenvalue weighted by atomic mass is 14.9. The van der Waals surface area contributed by atoms with Crippen molar-refractivity contribution in [3.63, 3.8) is 0 Å². The first kappa shape index (κ1) is 13.4. The molecule has 0 saturated heterocycles. The van der Waals surface area contributed by atoms with Crippen LogP contribution in [0.15, 0.2) is 60.7 Å². The molecule has 0 aromatic heterocycles. The maximum atomic E-state index is 3.79. The summed E-state index contributed by atoms with van der Waals surface area (Å²) in [4.78, 5) is 0. The highest BCUT2D eigenvalue weighted by molar-refractivity contribution is 5.23. The fourth-order valence-electron chi connectivity index (χ4n) is 2.60. The molecule has 2 aromatic rings. The minimum atomic E-state index is 0.413. The average molecular weight is 265 g/mol. The molecule has 0 spiro atoms. The van der Waals surface area contributed by atoms with Crippen molar-refractivity contribution in [3.8, 4) is 0 Å². The van der Waals surface area contributed by atoms with Crippen LogP contribution < -0.4 is 5.32 Å². The van der Waals surface area contributed by atoms with Gasteiger partial charge < -0.3 is 5.32 Å². The summed E-state index contributed by atoms with van der Waals surface area (Å²) >= 11 is 0. The van der Waals surface area contributed by atoms with Crippen LogP contribution in [0, 0.1) is 5.41 Å². The monoisotopic (exact) mass is 265 g/mol. The summed E-state index contributed by atoms with van der Waals surface area (Å²) in [5.41, 5.74) is 3.33. The van der Waals surface area contributed by atoms with Crippen molar-refractivity contribution in [1.29, 1.82) is 0 Å². The molecule has 1 unspecified atom stereocenters. The molecule has 20 heavy (non-hydrogen) atoms. The van der Waals surface area contributed by atoms with Crippen LogP contribution in [0.4, 0.5) is 0 Å². The Hall–Kier alpha value is -1.60. The largest absolute Gasteiger partial charge is 0.309 e. The average Bonchev–Trinajstić information content (AvgIpc) is 3.24. The van der Waals surface area contributed by atoms with Gasteiger partial charge in [0, 0.05) is 12.6 Å². The molecule has 0 radical (unpaired) electrons. The van der Waals surface area contributed by atoms with Gasteiger partial charge in [0.1, 0.15) is 0 Å². The fourth-order valence-corrected chi connectivity index (χ4v) is 2.60. The van der Waals surface area contributed by atoms with E-state index in [0.29, 0.717) is 11.5 Å². The van der Waals surface area contributed by atoms with Crippen LogP contribution in [0.3, 0.4) is 0 Å². The molecule has 1 aliphatic carbocycles. The Balaban J connectivity index is 1.72. The lowest BCUT2D eigenvalue weighted by Crippen LogP contribution is -2.28. The van der Waals surface area contributed by atoms with Crippen molar-refractivity contribution in [2.45, 2.75) is 32.2 Å². The minimum Gasteiger partial charge on any atom is -0.309 e. The van der Waals surface area contributed by atoms with Crippen LogP contribution >= 0.6 is 0 Å². The van der Waals surface area contributed by atoms with E-state index < -0.39 is 0 Å². The van der Waals surface area contributed by atoms with E-state index in [1.807, 2.05) is 0 Å². The highest BCUT2D eigenvalue weighted by Gasteiger charge is 2.37. The molecule has 0 amide bonds. The van der Waals surface area contributed by atoms with Crippen molar-refractivity contribution >= 4 is 0 Å². The van der Waals surface area contributed by atoms with Gasteiger partial charge in [-0.3, -0.25) is 0 Å². The molecule has 1 fully saturated rings. The zero-order valence-electron chi connectivity index (χ0n) is 12.2. The lowest BCUT2D eigenvalue weighted by atomic mass is 9.98. The first-order valence-corrected chi connectivity index (χ1v) is 7.57. The SMILES string of the molecule is CC1(CNC(Cc2ccccc2)c2ccccc2)CC1. The predicted octanol–water partition coefficient (Wildman–Crippen LogP) is 4.36. The van der Waals surface area contributed by atoms with Crippen molar-refractivity contribution in [2.24, 2.45) is 5.41 Å². The van der Waals surface area contributed by atoms with Gasteiger partial charge in [0.05, 0.1) is 0 Å². The molecule has 0 bridgehead atoms. The van der Waals surface area contributed by atoms with Crippen LogP contribution in [0.25, 0.3) is 0 Å². The molecule has 0 aliphatic heterocycles. The highest BCUT2D eigenvalue weighted by Crippen LogP contribution is 2.44. The van der Waals surface area contributed by atoms with E-state index in [4.69, 9.17) is 0 Å². The van der Waals surface area contributed by atoms with E-state index in [2.05, 4.69) is 72.9 Å². The predicted molar refractivity (Wildman–Crippen MR) is 84.7 cm³/mol. The third-order valence-corrected chi connectivity index (χ3v) is 4.36. The number of hydrogen-bond donors (Lipinski definition) is 1. The van der Waals surface area contributed by atoms with Crippen LogP contribution in [0.1, 0.15) is 36.9 Å². The first-order valence-electron chi connectivity index (χ1n) is 7.57. The number of hydrogen-bond acceptors (Lipinski definition) is 1. The fraction of sp³-hybridized carbons (Fsp3) is 0.368. The van der Waals surface area contributed by atoms with Gasteiger partial charge in [-0.15, -0.1) is 0 Å². The summed E-state index contributed by atoms with van der Waals surface area (Å²) in [6, 6.07) is 22.0. The van der Waals surface area contributed by atoms with E-state index in [0.717, 1.165) is 13.0 Å². The summed E-state index contributed by atoms with van der Waals surface area (Å²) in [7, 11) is 0. The van der Waals surface area contributed by atoms with Crippen LogP contribution in [0.5, 0.6) is 0 Å². The molecule has 1 atom stereocenters. The maximum Gasteiger partial charge on any atom is 0.0361 e. The molecule has 1 nitrogen and oxygen atoms in total. The Labute approximate surface area is 122 Å². The summed E-state index contributed by atoms with van der Waals surface area (Å²) in [6.07, 6.45) is 3.79. The lowest BCUT2D eigenvalue weighted by Gasteiger charge is -2.22. The Kier molecular flexibility index (Phi) is 3.88. The summed E-state index contributed by atoms with van der Waals surface area (Å²) in [6.45, 7) is 3.50. The quantitative estimate of drug-likeness (QED) is 0.818. The van der Waals surface area contributed by atoms with Crippen LogP contribution in [0.2, 0.25) is 0 Å². The maximum absolute atomic E-state index is 3.79. The van der Waals surface area contributed by atoms with Crippen molar-refractivity contribution in [1.82, 2.24) is 5.32 Å². The van der Waals surface area contributed by atoms with Gasteiger partial charge in [-0.2, -0.15) is 0 Å². The van der Waals surface area contributed by atoms with E-state index in [9.17, 15) is 0 Å². The number of rotatable bonds is 6. The van der Waals surface area contributed by atoms with E-state index >= 15 is 0 Å². The second kappa shape index (κ2) is 5.80. The summed E-state index contributed by atoms with van der Waals surface area (Å²) < 4.78 is 0. The van der Waals surface area contributed by atoms with Crippen LogP contribution in [-0.2, 0) is 6.42 Å². The third kappa shape index (κ3) is 3.49. The smallest absolute Gasteiger partial charge is 0.0361 e. The van der Waals surface area contributed by atoms with E-state index in [1.165, 1.54) is 24.0 Å². The van der Waals surface area contributed by atoms with Gasteiger partial charge in [-0.05, 0) is 35.8 Å². The van der Waals surface area contributed by atoms with Crippen molar-refractivity contribution in [3.05, 3.63) is 71.8 Å². The van der Waals surface area contributed by atoms with Gasteiger partial charge in [0.2, 0.25) is 0 Å². The van der Waals surface area contributed by atoms with E-state index in [1.54, 1.807) is 0 Å². The van der Waals surface area contributed by atoms with E-state index in [-0.39, 0.29) is 0 Å². The minimum absolute atomic E-state index is 0.413. The Morgan fingerprint density at radius 2 is 1.55 bits per heavy atom. The van der Waals surface area contributed by atoms with Gasteiger partial charge in [-0.25, -0.2) is 0 Å².